The molecule has 2 fully saturated rings. The van der Waals surface area contributed by atoms with Crippen LogP contribution < -0.4 is 11.1 Å². The highest BCUT2D eigenvalue weighted by Crippen LogP contribution is 2.64. The van der Waals surface area contributed by atoms with Gasteiger partial charge in [0.2, 0.25) is 11.8 Å². The number of thioether (sulfide) groups is 1. The van der Waals surface area contributed by atoms with Crippen LogP contribution in [-0.4, -0.2) is 55.8 Å². The molecule has 27 heavy (non-hydrogen) atoms. The normalized spacial score (nSPS) is 29.4. The van der Waals surface area contributed by atoms with E-state index in [0.717, 1.165) is 7.11 Å². The molecule has 0 aromatic heterocycles. The Bertz CT molecular complexity index is 817. The molecule has 2 saturated heterocycles. The smallest absolute Gasteiger partial charge is 0.351 e. The topological polar surface area (TPSA) is 142 Å². The molecular formula is C16H22N3O6PS. The first-order chi connectivity index (χ1) is 12.5. The fourth-order valence-corrected chi connectivity index (χ4v) is 7.18. The predicted molar refractivity (Wildman–Crippen MR) is 99.9 cm³/mol. The molecule has 11 heteroatoms. The maximum absolute atomic E-state index is 12.6. The Kier molecular flexibility index (Phi) is 5.07. The van der Waals surface area contributed by atoms with Gasteiger partial charge in [-0.2, -0.15) is 0 Å². The van der Waals surface area contributed by atoms with Gasteiger partial charge >= 0.3 is 7.60 Å². The van der Waals surface area contributed by atoms with E-state index in [9.17, 15) is 24.2 Å². The molecule has 0 saturated carbocycles. The van der Waals surface area contributed by atoms with Crippen molar-refractivity contribution in [3.8, 4) is 5.75 Å². The van der Waals surface area contributed by atoms with E-state index in [0.29, 0.717) is 5.56 Å². The first kappa shape index (κ1) is 20.2. The molecule has 148 valence electrons. The molecule has 0 spiro atoms. The number of fused-ring (bicyclic) bond motifs is 1. The number of nitrogens with zero attached hydrogens (tertiary/aromatic N) is 1. The second-order valence-electron chi connectivity index (χ2n) is 7.03. The number of carbonyl (C=O) groups is 2. The lowest BCUT2D eigenvalue weighted by Gasteiger charge is -2.45. The standard InChI is InChI=1S/C16H22N3O6PS/c1-16(2)15(26(23,24)25-3)19-13(22)11(14(19)27-16)18-12(21)10(17)8-4-6-9(20)7-5-8/h4-7,10-11,14-15,20H,17H2,1-3H3,(H,18,21)(H,23,24)/t10-,11?,14-,15?/m1/s1. The third kappa shape index (κ3) is 3.36. The van der Waals surface area contributed by atoms with Crippen molar-refractivity contribution in [2.45, 2.75) is 41.8 Å². The maximum atomic E-state index is 12.6. The van der Waals surface area contributed by atoms with Crippen LogP contribution in [0.5, 0.6) is 5.75 Å². The zero-order valence-electron chi connectivity index (χ0n) is 15.0. The van der Waals surface area contributed by atoms with Crippen LogP contribution in [0, 0.1) is 0 Å². The van der Waals surface area contributed by atoms with Gasteiger partial charge in [-0.25, -0.2) is 0 Å². The molecular weight excluding hydrogens is 393 g/mol. The van der Waals surface area contributed by atoms with Gasteiger partial charge in [0.1, 0.15) is 29.0 Å². The fraction of sp³-hybridized carbons (Fsp3) is 0.500. The lowest BCUT2D eigenvalue weighted by Crippen LogP contribution is -2.69. The summed E-state index contributed by atoms with van der Waals surface area (Å²) in [6.45, 7) is 3.52. The quantitative estimate of drug-likeness (QED) is 0.407. The van der Waals surface area contributed by atoms with Crippen LogP contribution in [0.3, 0.4) is 0 Å². The molecule has 3 rings (SSSR count). The number of phenols is 1. The summed E-state index contributed by atoms with van der Waals surface area (Å²) in [6, 6.07) is 4.05. The van der Waals surface area contributed by atoms with E-state index in [1.54, 1.807) is 13.8 Å². The second-order valence-corrected chi connectivity index (χ2v) is 10.8. The maximum Gasteiger partial charge on any atom is 0.351 e. The van der Waals surface area contributed by atoms with Crippen LogP contribution in [0.25, 0.3) is 0 Å². The minimum Gasteiger partial charge on any atom is -0.508 e. The summed E-state index contributed by atoms with van der Waals surface area (Å²) < 4.78 is 16.4. The number of hydrogen-bond donors (Lipinski definition) is 4. The Hall–Kier alpha value is -1.58. The van der Waals surface area contributed by atoms with Gasteiger partial charge in [-0.15, -0.1) is 11.8 Å². The van der Waals surface area contributed by atoms with E-state index in [4.69, 9.17) is 10.3 Å². The van der Waals surface area contributed by atoms with Crippen LogP contribution in [-0.2, 0) is 18.7 Å². The molecule has 2 heterocycles. The van der Waals surface area contributed by atoms with Crippen LogP contribution in [0.1, 0.15) is 25.5 Å². The van der Waals surface area contributed by atoms with E-state index in [1.165, 1.54) is 40.9 Å². The minimum atomic E-state index is -4.03. The summed E-state index contributed by atoms with van der Waals surface area (Å²) in [5.41, 5.74) is 6.43. The van der Waals surface area contributed by atoms with Crippen molar-refractivity contribution in [3.63, 3.8) is 0 Å². The first-order valence-corrected chi connectivity index (χ1v) is 10.8. The van der Waals surface area contributed by atoms with Gasteiger partial charge < -0.3 is 30.5 Å². The number of amides is 2. The van der Waals surface area contributed by atoms with Crippen LogP contribution in [0.2, 0.25) is 0 Å². The molecule has 2 aliphatic heterocycles. The largest absolute Gasteiger partial charge is 0.508 e. The average Bonchev–Trinajstić information content (AvgIpc) is 2.88. The molecule has 9 nitrogen and oxygen atoms in total. The van der Waals surface area contributed by atoms with Crippen molar-refractivity contribution in [1.29, 1.82) is 0 Å². The van der Waals surface area contributed by atoms with Crippen LogP contribution in [0.15, 0.2) is 24.3 Å². The van der Waals surface area contributed by atoms with E-state index in [-0.39, 0.29) is 5.75 Å². The van der Waals surface area contributed by atoms with Gasteiger partial charge in [0.15, 0.2) is 0 Å². The SMILES string of the molecule is COP(=O)(O)C1N2C(=O)C(NC(=O)[C@H](N)c3ccc(O)cc3)[C@H]2SC1(C)C. The van der Waals surface area contributed by atoms with Crippen molar-refractivity contribution in [3.05, 3.63) is 29.8 Å². The third-order valence-corrected chi connectivity index (χ3v) is 8.57. The zero-order chi connectivity index (χ0) is 20.1. The summed E-state index contributed by atoms with van der Waals surface area (Å²) in [6.07, 6.45) is 0. The van der Waals surface area contributed by atoms with Gasteiger partial charge in [-0.3, -0.25) is 14.2 Å². The highest BCUT2D eigenvalue weighted by Gasteiger charge is 2.67. The van der Waals surface area contributed by atoms with Gasteiger partial charge in [0.25, 0.3) is 0 Å². The summed E-state index contributed by atoms with van der Waals surface area (Å²) in [7, 11) is -2.90. The minimum absolute atomic E-state index is 0.0541. The Morgan fingerprint density at radius 3 is 2.56 bits per heavy atom. The average molecular weight is 415 g/mol. The highest BCUT2D eigenvalue weighted by molar-refractivity contribution is 8.02. The number of carbonyl (C=O) groups excluding carboxylic acids is 2. The number of nitrogens with two attached hydrogens (primary N) is 1. The van der Waals surface area contributed by atoms with Gasteiger partial charge in [-0.1, -0.05) is 12.1 Å². The zero-order valence-corrected chi connectivity index (χ0v) is 16.7. The van der Waals surface area contributed by atoms with Gasteiger partial charge in [-0.05, 0) is 31.5 Å². The number of hydrogen-bond acceptors (Lipinski definition) is 7. The number of β-lactam (4-membered cyclic amide) rings is 1. The van der Waals surface area contributed by atoms with E-state index < -0.39 is 47.4 Å². The Morgan fingerprint density at radius 2 is 2.00 bits per heavy atom. The van der Waals surface area contributed by atoms with E-state index in [2.05, 4.69) is 5.32 Å². The monoisotopic (exact) mass is 415 g/mol. The molecule has 2 aliphatic rings. The molecule has 1 aromatic carbocycles. The van der Waals surface area contributed by atoms with Crippen molar-refractivity contribution in [2.24, 2.45) is 5.73 Å². The van der Waals surface area contributed by atoms with E-state index >= 15 is 0 Å². The molecule has 0 aliphatic carbocycles. The third-order valence-electron chi connectivity index (χ3n) is 4.79. The van der Waals surface area contributed by atoms with Crippen molar-refractivity contribution in [2.75, 3.05) is 7.11 Å². The molecule has 2 amide bonds. The van der Waals surface area contributed by atoms with Gasteiger partial charge in [0, 0.05) is 11.9 Å². The van der Waals surface area contributed by atoms with Crippen molar-refractivity contribution < 1.29 is 28.7 Å². The molecule has 0 bridgehead atoms. The molecule has 1 aromatic rings. The van der Waals surface area contributed by atoms with Crippen LogP contribution >= 0.6 is 19.4 Å². The number of rotatable bonds is 5. The Morgan fingerprint density at radius 1 is 1.41 bits per heavy atom. The molecule has 3 unspecified atom stereocenters. The Balaban J connectivity index is 1.74. The lowest BCUT2D eigenvalue weighted by molar-refractivity contribution is -0.149. The van der Waals surface area contributed by atoms with Crippen LogP contribution in [0.4, 0.5) is 0 Å². The van der Waals surface area contributed by atoms with Crippen molar-refractivity contribution >= 4 is 31.2 Å². The predicted octanol–water partition coefficient (Wildman–Crippen LogP) is 0.728. The summed E-state index contributed by atoms with van der Waals surface area (Å²) in [5.74, 6) is -1.92. The lowest BCUT2D eigenvalue weighted by atomic mass is 10.0. The summed E-state index contributed by atoms with van der Waals surface area (Å²) in [5, 5.41) is 11.5. The number of aromatic hydroxyl groups is 1. The number of phenolic OH excluding ortho intramolecular Hbond substituents is 1. The van der Waals surface area contributed by atoms with Crippen molar-refractivity contribution in [1.82, 2.24) is 10.2 Å². The van der Waals surface area contributed by atoms with Gasteiger partial charge in [0.05, 0.1) is 0 Å². The number of benzene rings is 1. The molecule has 5 N–H and O–H groups in total. The Labute approximate surface area is 160 Å². The number of nitrogens with one attached hydrogen (secondary N) is 1. The summed E-state index contributed by atoms with van der Waals surface area (Å²) >= 11 is 1.34. The first-order valence-electron chi connectivity index (χ1n) is 8.22. The highest BCUT2D eigenvalue weighted by atomic mass is 32.2. The molecule has 5 atom stereocenters. The second kappa shape index (κ2) is 6.79. The molecule has 0 radical (unpaired) electrons. The summed E-state index contributed by atoms with van der Waals surface area (Å²) in [4.78, 5) is 36.5. The fourth-order valence-electron chi connectivity index (χ4n) is 3.44. The van der Waals surface area contributed by atoms with E-state index in [1.807, 2.05) is 0 Å².